The molecule has 0 amide bonds. The van der Waals surface area contributed by atoms with E-state index in [0.717, 1.165) is 18.1 Å². The van der Waals surface area contributed by atoms with Crippen LogP contribution in [0.3, 0.4) is 0 Å². The first-order valence-corrected chi connectivity index (χ1v) is 12.8. The van der Waals surface area contributed by atoms with Crippen molar-refractivity contribution in [3.63, 3.8) is 0 Å². The monoisotopic (exact) mass is 466 g/mol. The third-order valence-corrected chi connectivity index (χ3v) is 5.65. The van der Waals surface area contributed by atoms with Crippen LogP contribution in [0.15, 0.2) is 30.3 Å². The number of hydrogen-bond donors (Lipinski definition) is 0. The van der Waals surface area contributed by atoms with E-state index in [1.54, 1.807) is 13.8 Å². The van der Waals surface area contributed by atoms with Gasteiger partial charge in [0, 0.05) is 0 Å². The Morgan fingerprint density at radius 1 is 0.900 bits per heavy atom. The van der Waals surface area contributed by atoms with Gasteiger partial charge in [0.2, 0.25) is 0 Å². The normalized spacial score (nSPS) is 27.8. The molecular weight excluding hydrogens is 440 g/mol. The predicted molar refractivity (Wildman–Crippen MR) is 104 cm³/mol. The Balaban J connectivity index is 1.90. The Kier molecular flexibility index (Phi) is 6.62. The molecule has 0 spiro atoms. The van der Waals surface area contributed by atoms with E-state index in [1.807, 2.05) is 30.3 Å². The lowest BCUT2D eigenvalue weighted by molar-refractivity contribution is -0.254. The first-order chi connectivity index (χ1) is 13.8. The summed E-state index contributed by atoms with van der Waals surface area (Å²) in [7, 11) is -7.73. The van der Waals surface area contributed by atoms with Crippen LogP contribution in [0.4, 0.5) is 0 Å². The molecule has 3 atom stereocenters. The summed E-state index contributed by atoms with van der Waals surface area (Å²) in [6.07, 6.45) is -0.858. The Morgan fingerprint density at radius 3 is 2.00 bits per heavy atom. The van der Waals surface area contributed by atoms with Crippen molar-refractivity contribution in [2.24, 2.45) is 0 Å². The summed E-state index contributed by atoms with van der Waals surface area (Å²) >= 11 is 0. The van der Waals surface area contributed by atoms with Gasteiger partial charge in [-0.15, -0.1) is 0 Å². The van der Waals surface area contributed by atoms with E-state index in [-0.39, 0.29) is 6.61 Å². The molecule has 2 saturated heterocycles. The molecule has 3 rings (SSSR count). The average Bonchev–Trinajstić information content (AvgIpc) is 3.05. The summed E-state index contributed by atoms with van der Waals surface area (Å²) < 4.78 is 80.1. The highest BCUT2D eigenvalue weighted by molar-refractivity contribution is 7.86. The van der Waals surface area contributed by atoms with Gasteiger partial charge in [0.05, 0.1) is 19.1 Å². The highest BCUT2D eigenvalue weighted by atomic mass is 32.2. The van der Waals surface area contributed by atoms with Gasteiger partial charge in [-0.25, -0.2) is 0 Å². The van der Waals surface area contributed by atoms with Crippen molar-refractivity contribution in [2.75, 3.05) is 25.7 Å². The van der Waals surface area contributed by atoms with Crippen molar-refractivity contribution < 1.29 is 44.1 Å². The van der Waals surface area contributed by atoms with E-state index in [2.05, 4.69) is 0 Å². The fourth-order valence-corrected chi connectivity index (χ4v) is 4.17. The van der Waals surface area contributed by atoms with Crippen molar-refractivity contribution in [3.05, 3.63) is 35.9 Å². The molecule has 170 valence electrons. The van der Waals surface area contributed by atoms with Crippen LogP contribution in [-0.4, -0.2) is 72.4 Å². The van der Waals surface area contributed by atoms with Crippen molar-refractivity contribution >= 4 is 20.2 Å². The van der Waals surface area contributed by atoms with E-state index in [1.165, 1.54) is 0 Å². The summed E-state index contributed by atoms with van der Waals surface area (Å²) in [4.78, 5) is 0. The fraction of sp³-hybridized carbons (Fsp3) is 0.667. The highest BCUT2D eigenvalue weighted by Gasteiger charge is 2.63. The Labute approximate surface area is 176 Å². The van der Waals surface area contributed by atoms with Gasteiger partial charge in [-0.3, -0.25) is 8.37 Å². The van der Waals surface area contributed by atoms with Gasteiger partial charge in [-0.05, 0) is 19.4 Å². The van der Waals surface area contributed by atoms with Gasteiger partial charge < -0.3 is 18.9 Å². The largest absolute Gasteiger partial charge is 0.367 e. The Bertz CT molecular complexity index is 906. The zero-order valence-corrected chi connectivity index (χ0v) is 18.8. The van der Waals surface area contributed by atoms with Gasteiger partial charge in [0.25, 0.3) is 20.2 Å². The lowest BCUT2D eigenvalue weighted by atomic mass is 9.97. The van der Waals surface area contributed by atoms with E-state index in [9.17, 15) is 16.8 Å². The fourth-order valence-electron chi connectivity index (χ4n) is 3.35. The zero-order chi connectivity index (χ0) is 22.2. The summed E-state index contributed by atoms with van der Waals surface area (Å²) in [5, 5.41) is 0. The van der Waals surface area contributed by atoms with Gasteiger partial charge >= 0.3 is 0 Å². The molecule has 0 radical (unpaired) electrons. The molecule has 0 aliphatic carbocycles. The molecule has 0 saturated carbocycles. The van der Waals surface area contributed by atoms with Crippen molar-refractivity contribution in [2.45, 2.75) is 50.3 Å². The van der Waals surface area contributed by atoms with Crippen molar-refractivity contribution in [3.8, 4) is 0 Å². The molecule has 2 heterocycles. The molecule has 12 heteroatoms. The number of rotatable bonds is 9. The lowest BCUT2D eigenvalue weighted by Crippen LogP contribution is -2.53. The quantitative estimate of drug-likeness (QED) is 0.482. The number of ether oxygens (including phenoxy) is 4. The molecule has 2 fully saturated rings. The molecule has 0 N–H and O–H groups in total. The van der Waals surface area contributed by atoms with Crippen LogP contribution in [0.5, 0.6) is 0 Å². The van der Waals surface area contributed by atoms with E-state index in [0.29, 0.717) is 0 Å². The summed E-state index contributed by atoms with van der Waals surface area (Å²) in [5.74, 6) is -0.967. The van der Waals surface area contributed by atoms with Gasteiger partial charge in [-0.1, -0.05) is 30.3 Å². The first-order valence-electron chi connectivity index (χ1n) is 9.16. The van der Waals surface area contributed by atoms with Crippen LogP contribution >= 0.6 is 0 Å². The summed E-state index contributed by atoms with van der Waals surface area (Å²) in [5.41, 5.74) is -0.756. The number of hydrogen-bond acceptors (Lipinski definition) is 10. The topological polar surface area (TPSA) is 124 Å². The second-order valence-electron chi connectivity index (χ2n) is 7.80. The number of benzene rings is 1. The lowest BCUT2D eigenvalue weighted by Gasteiger charge is -2.35. The first kappa shape index (κ1) is 23.5. The minimum absolute atomic E-state index is 0.140. The standard InChI is InChI=1S/C18H26O10S2/c1-17(2)26-14-15(23-10-13-8-6-5-7-9-13)18(28-16(14)27-17,11-24-29(3,19)20)12-25-30(4,21)22/h5-9,14-16H,10-12H2,1-4H3/t14-,15+,16-/m0/s1. The molecule has 2 aliphatic rings. The molecule has 1 aromatic carbocycles. The molecule has 30 heavy (non-hydrogen) atoms. The minimum Gasteiger partial charge on any atom is -0.367 e. The summed E-state index contributed by atoms with van der Waals surface area (Å²) in [6.45, 7) is 2.46. The van der Waals surface area contributed by atoms with Crippen LogP contribution in [0.25, 0.3) is 0 Å². The highest BCUT2D eigenvalue weighted by Crippen LogP contribution is 2.44. The molecule has 0 unspecified atom stereocenters. The maximum absolute atomic E-state index is 11.6. The molecule has 2 aliphatic heterocycles. The van der Waals surface area contributed by atoms with Crippen molar-refractivity contribution in [1.29, 1.82) is 0 Å². The molecule has 10 nitrogen and oxygen atoms in total. The van der Waals surface area contributed by atoms with Crippen LogP contribution in [0.2, 0.25) is 0 Å². The van der Waals surface area contributed by atoms with Gasteiger partial charge in [0.1, 0.15) is 31.0 Å². The molecule has 0 bridgehead atoms. The Morgan fingerprint density at radius 2 is 1.47 bits per heavy atom. The second kappa shape index (κ2) is 8.43. The SMILES string of the molecule is CC1(C)O[C@H]2OC(COS(C)(=O)=O)(COS(C)(=O)=O)[C@H](OCc3ccccc3)[C@@H]2O1. The van der Waals surface area contributed by atoms with E-state index >= 15 is 0 Å². The van der Waals surface area contributed by atoms with Gasteiger partial charge in [-0.2, -0.15) is 16.8 Å². The van der Waals surface area contributed by atoms with Gasteiger partial charge in [0.15, 0.2) is 12.1 Å². The third kappa shape index (κ3) is 5.98. The zero-order valence-electron chi connectivity index (χ0n) is 17.1. The molecule has 1 aromatic rings. The summed E-state index contributed by atoms with van der Waals surface area (Å²) in [6, 6.07) is 9.25. The Hall–Kier alpha value is -1.12. The molecular formula is C18H26O10S2. The minimum atomic E-state index is -3.86. The predicted octanol–water partition coefficient (Wildman–Crippen LogP) is 0.771. The smallest absolute Gasteiger partial charge is 0.264 e. The second-order valence-corrected chi connectivity index (χ2v) is 11.1. The number of fused-ring (bicyclic) bond motifs is 1. The maximum Gasteiger partial charge on any atom is 0.264 e. The third-order valence-electron chi connectivity index (χ3n) is 4.56. The van der Waals surface area contributed by atoms with Crippen LogP contribution in [0.1, 0.15) is 19.4 Å². The van der Waals surface area contributed by atoms with E-state index < -0.39 is 63.3 Å². The van der Waals surface area contributed by atoms with Crippen LogP contribution < -0.4 is 0 Å². The average molecular weight is 467 g/mol. The van der Waals surface area contributed by atoms with E-state index in [4.69, 9.17) is 27.3 Å². The maximum atomic E-state index is 11.6. The molecule has 0 aromatic heterocycles. The van der Waals surface area contributed by atoms with Crippen LogP contribution in [0, 0.1) is 0 Å². The van der Waals surface area contributed by atoms with Crippen LogP contribution in [-0.2, 0) is 54.2 Å². The van der Waals surface area contributed by atoms with Crippen molar-refractivity contribution in [1.82, 2.24) is 0 Å².